The van der Waals surface area contributed by atoms with Crippen molar-refractivity contribution >= 4 is 11.9 Å². The van der Waals surface area contributed by atoms with Gasteiger partial charge in [-0.15, -0.1) is 0 Å². The fourth-order valence-electron chi connectivity index (χ4n) is 4.69. The highest BCUT2D eigenvalue weighted by molar-refractivity contribution is 5.98. The number of carbonyl (C=O) groups is 2. The van der Waals surface area contributed by atoms with Gasteiger partial charge in [0.1, 0.15) is 5.82 Å². The Bertz CT molecular complexity index is 1280. The number of hydrogen-bond donors (Lipinski definition) is 1. The van der Waals surface area contributed by atoms with E-state index in [1.54, 1.807) is 6.07 Å². The number of fused-ring (bicyclic) bond motifs is 1. The molecular weight excluding hydrogens is 468 g/mol. The Morgan fingerprint density at radius 1 is 1.09 bits per heavy atom. The van der Waals surface area contributed by atoms with Gasteiger partial charge in [0, 0.05) is 23.1 Å². The van der Waals surface area contributed by atoms with Gasteiger partial charge in [0.2, 0.25) is 17.6 Å². The predicted octanol–water partition coefficient (Wildman–Crippen LogP) is 4.90. The number of imide groups is 1. The van der Waals surface area contributed by atoms with E-state index in [1.165, 1.54) is 30.3 Å². The number of halogens is 4. The van der Waals surface area contributed by atoms with Crippen molar-refractivity contribution in [1.82, 2.24) is 20.4 Å². The third-order valence-electron chi connectivity index (χ3n) is 6.51. The summed E-state index contributed by atoms with van der Waals surface area (Å²) in [4.78, 5) is 31.0. The zero-order valence-corrected chi connectivity index (χ0v) is 18.3. The molecule has 0 radical (unpaired) electrons. The van der Waals surface area contributed by atoms with Crippen molar-refractivity contribution in [2.45, 2.75) is 43.9 Å². The summed E-state index contributed by atoms with van der Waals surface area (Å²) in [5.41, 5.74) is -0.394. The molecule has 1 aliphatic carbocycles. The number of amides is 3. The van der Waals surface area contributed by atoms with Crippen molar-refractivity contribution in [3.8, 4) is 11.4 Å². The van der Waals surface area contributed by atoms with Crippen LogP contribution in [0.1, 0.15) is 42.2 Å². The maximum atomic E-state index is 14.0. The van der Waals surface area contributed by atoms with E-state index < -0.39 is 35.5 Å². The first-order valence-corrected chi connectivity index (χ1v) is 11.1. The molecule has 1 N–H and O–H groups in total. The smallest absolute Gasteiger partial charge is 0.339 e. The summed E-state index contributed by atoms with van der Waals surface area (Å²) in [5, 5.41) is 6.66. The van der Waals surface area contributed by atoms with Gasteiger partial charge < -0.3 is 9.84 Å². The molecule has 3 aromatic rings. The van der Waals surface area contributed by atoms with Crippen LogP contribution in [-0.2, 0) is 17.5 Å². The standard InChI is InChI=1S/C24H20F4N4O3/c25-18-7-2-1-4-15(18)12-32-22(33)17-9-8-14(11-19(17)29-23(32)34)21-30-20(31-35-21)13-5-3-6-16(10-13)24(26,27)28/h1-7,10,14,17,19H,8-9,11-12H2,(H,29,34). The predicted molar refractivity (Wildman–Crippen MR) is 114 cm³/mol. The first kappa shape index (κ1) is 23.0. The van der Waals surface area contributed by atoms with E-state index in [4.69, 9.17) is 4.52 Å². The summed E-state index contributed by atoms with van der Waals surface area (Å²) in [7, 11) is 0. The van der Waals surface area contributed by atoms with Crippen LogP contribution in [0, 0.1) is 11.7 Å². The number of urea groups is 1. The van der Waals surface area contributed by atoms with Crippen molar-refractivity contribution in [2.75, 3.05) is 0 Å². The number of carbonyl (C=O) groups excluding carboxylic acids is 2. The first-order chi connectivity index (χ1) is 16.7. The maximum absolute atomic E-state index is 14.0. The Labute approximate surface area is 197 Å². The maximum Gasteiger partial charge on any atom is 0.416 e. The molecule has 1 aromatic heterocycles. The minimum Gasteiger partial charge on any atom is -0.339 e. The SMILES string of the molecule is O=C1NC2CC(c3nc(-c4cccc(C(F)(F)F)c4)no3)CCC2C(=O)N1Cc1ccccc1F. The zero-order chi connectivity index (χ0) is 24.7. The molecule has 3 unspecified atom stereocenters. The molecule has 11 heteroatoms. The number of alkyl halides is 3. The quantitative estimate of drug-likeness (QED) is 0.528. The van der Waals surface area contributed by atoms with Crippen molar-refractivity contribution in [2.24, 2.45) is 5.92 Å². The normalized spacial score (nSPS) is 22.6. The topological polar surface area (TPSA) is 88.3 Å². The minimum absolute atomic E-state index is 0.0352. The molecule has 3 amide bonds. The van der Waals surface area contributed by atoms with E-state index in [-0.39, 0.29) is 41.2 Å². The summed E-state index contributed by atoms with van der Waals surface area (Å²) in [6.07, 6.45) is -3.18. The second-order valence-electron chi connectivity index (χ2n) is 8.72. The van der Waals surface area contributed by atoms with Gasteiger partial charge >= 0.3 is 12.2 Å². The van der Waals surface area contributed by atoms with Gasteiger partial charge in [-0.3, -0.25) is 9.69 Å². The van der Waals surface area contributed by atoms with Crippen LogP contribution in [0.25, 0.3) is 11.4 Å². The molecule has 35 heavy (non-hydrogen) atoms. The Balaban J connectivity index is 1.29. The van der Waals surface area contributed by atoms with Crippen molar-refractivity contribution in [3.63, 3.8) is 0 Å². The zero-order valence-electron chi connectivity index (χ0n) is 18.3. The summed E-state index contributed by atoms with van der Waals surface area (Å²) in [6, 6.07) is 9.55. The van der Waals surface area contributed by atoms with Crippen LogP contribution in [0.5, 0.6) is 0 Å². The number of nitrogens with zero attached hydrogens (tertiary/aromatic N) is 3. The molecule has 182 valence electrons. The molecule has 1 saturated carbocycles. The highest BCUT2D eigenvalue weighted by atomic mass is 19.4. The van der Waals surface area contributed by atoms with E-state index in [0.717, 1.165) is 17.0 Å². The summed E-state index contributed by atoms with van der Waals surface area (Å²) in [6.45, 7) is -0.159. The number of benzene rings is 2. The summed E-state index contributed by atoms with van der Waals surface area (Å²) < 4.78 is 58.4. The Morgan fingerprint density at radius 2 is 1.89 bits per heavy atom. The number of nitrogens with one attached hydrogen (secondary N) is 1. The number of aromatic nitrogens is 2. The molecule has 0 spiro atoms. The summed E-state index contributed by atoms with van der Waals surface area (Å²) in [5.74, 6) is -1.32. The molecule has 2 heterocycles. The lowest BCUT2D eigenvalue weighted by atomic mass is 9.76. The van der Waals surface area contributed by atoms with Gasteiger partial charge in [-0.05, 0) is 37.5 Å². The Kier molecular flexibility index (Phi) is 5.78. The van der Waals surface area contributed by atoms with Gasteiger partial charge in [0.05, 0.1) is 18.0 Å². The van der Waals surface area contributed by atoms with E-state index in [1.807, 2.05) is 0 Å². The molecule has 3 atom stereocenters. The molecule has 1 aliphatic heterocycles. The third kappa shape index (κ3) is 4.50. The van der Waals surface area contributed by atoms with Crippen LogP contribution in [0.4, 0.5) is 22.4 Å². The molecule has 2 aliphatic rings. The summed E-state index contributed by atoms with van der Waals surface area (Å²) >= 11 is 0. The molecule has 1 saturated heterocycles. The van der Waals surface area contributed by atoms with Crippen molar-refractivity contribution in [1.29, 1.82) is 0 Å². The van der Waals surface area contributed by atoms with Crippen LogP contribution in [0.2, 0.25) is 0 Å². The van der Waals surface area contributed by atoms with Crippen LogP contribution in [-0.4, -0.2) is 33.0 Å². The molecular formula is C24H20F4N4O3. The van der Waals surface area contributed by atoms with Crippen molar-refractivity contribution in [3.05, 3.63) is 71.4 Å². The lowest BCUT2D eigenvalue weighted by Gasteiger charge is -2.41. The number of hydrogen-bond acceptors (Lipinski definition) is 5. The Morgan fingerprint density at radius 3 is 2.66 bits per heavy atom. The fraction of sp³-hybridized carbons (Fsp3) is 0.333. The van der Waals surface area contributed by atoms with E-state index >= 15 is 0 Å². The van der Waals surface area contributed by atoms with Gasteiger partial charge in [-0.1, -0.05) is 35.5 Å². The average Bonchev–Trinajstić information content (AvgIpc) is 3.32. The highest BCUT2D eigenvalue weighted by Crippen LogP contribution is 2.39. The monoisotopic (exact) mass is 488 g/mol. The van der Waals surface area contributed by atoms with Gasteiger partial charge in [-0.2, -0.15) is 18.2 Å². The second kappa shape index (κ2) is 8.79. The first-order valence-electron chi connectivity index (χ1n) is 11.1. The van der Waals surface area contributed by atoms with Crippen LogP contribution >= 0.6 is 0 Å². The van der Waals surface area contributed by atoms with Crippen molar-refractivity contribution < 1.29 is 31.7 Å². The van der Waals surface area contributed by atoms with Gasteiger partial charge in [0.15, 0.2) is 0 Å². The lowest BCUT2D eigenvalue weighted by molar-refractivity contribution is -0.138. The van der Waals surface area contributed by atoms with Crippen LogP contribution in [0.3, 0.4) is 0 Å². The minimum atomic E-state index is -4.49. The number of rotatable bonds is 4. The Hall–Kier alpha value is -3.76. The van der Waals surface area contributed by atoms with E-state index in [0.29, 0.717) is 19.3 Å². The molecule has 5 rings (SSSR count). The molecule has 7 nitrogen and oxygen atoms in total. The van der Waals surface area contributed by atoms with Crippen LogP contribution in [0.15, 0.2) is 53.1 Å². The van der Waals surface area contributed by atoms with E-state index in [9.17, 15) is 27.2 Å². The fourth-order valence-corrected chi connectivity index (χ4v) is 4.69. The van der Waals surface area contributed by atoms with Crippen LogP contribution < -0.4 is 5.32 Å². The molecule has 2 aromatic carbocycles. The lowest BCUT2D eigenvalue weighted by Crippen LogP contribution is -2.61. The highest BCUT2D eigenvalue weighted by Gasteiger charge is 2.45. The molecule has 0 bridgehead atoms. The van der Waals surface area contributed by atoms with Gasteiger partial charge in [0.25, 0.3) is 0 Å². The average molecular weight is 488 g/mol. The largest absolute Gasteiger partial charge is 0.416 e. The molecule has 2 fully saturated rings. The van der Waals surface area contributed by atoms with E-state index in [2.05, 4.69) is 15.5 Å². The van der Waals surface area contributed by atoms with Gasteiger partial charge in [-0.25, -0.2) is 9.18 Å². The second-order valence-corrected chi connectivity index (χ2v) is 8.72. The third-order valence-corrected chi connectivity index (χ3v) is 6.51.